The molecule has 6 heteroatoms. The van der Waals surface area contributed by atoms with Crippen LogP contribution in [0.1, 0.15) is 0 Å². The first-order valence-corrected chi connectivity index (χ1v) is 15.2. The number of aromatic nitrogens is 3. The summed E-state index contributed by atoms with van der Waals surface area (Å²) < 4.78 is 15.5. The molecule has 0 atom stereocenters. The second-order valence-electron chi connectivity index (χ2n) is 11.1. The van der Waals surface area contributed by atoms with Crippen LogP contribution in [-0.4, -0.2) is 14.5 Å². The molecule has 5 aromatic carbocycles. The van der Waals surface area contributed by atoms with Gasteiger partial charge in [0.25, 0.3) is 0 Å². The highest BCUT2D eigenvalue weighted by atomic mass is 16.5. The molecule has 0 saturated heterocycles. The fourth-order valence-corrected chi connectivity index (χ4v) is 6.36. The molecule has 6 nitrogen and oxygen atoms in total. The Bertz CT molecular complexity index is 2470. The lowest BCUT2D eigenvalue weighted by molar-refractivity contribution is 0.489. The minimum absolute atomic E-state index is 0.689. The van der Waals surface area contributed by atoms with Crippen LogP contribution in [0.5, 0.6) is 11.5 Å². The van der Waals surface area contributed by atoms with Crippen LogP contribution in [0.4, 0.5) is 17.2 Å². The third-order valence-electron chi connectivity index (χ3n) is 8.33. The van der Waals surface area contributed by atoms with Gasteiger partial charge in [0.1, 0.15) is 34.3 Å². The summed E-state index contributed by atoms with van der Waals surface area (Å²) in [5, 5.41) is 4.20. The van der Waals surface area contributed by atoms with Gasteiger partial charge in [0, 0.05) is 52.4 Å². The van der Waals surface area contributed by atoms with Crippen molar-refractivity contribution in [1.29, 1.82) is 0 Å². The second kappa shape index (κ2) is 10.6. The summed E-state index contributed by atoms with van der Waals surface area (Å²) in [7, 11) is 0. The van der Waals surface area contributed by atoms with Gasteiger partial charge in [0.15, 0.2) is 0 Å². The molecule has 9 aromatic rings. The average molecular weight is 595 g/mol. The molecule has 0 spiro atoms. The second-order valence-corrected chi connectivity index (χ2v) is 11.1. The monoisotopic (exact) mass is 594 g/mol. The lowest BCUT2D eigenvalue weighted by Crippen LogP contribution is -2.11. The van der Waals surface area contributed by atoms with Crippen LogP contribution in [0.3, 0.4) is 0 Å². The van der Waals surface area contributed by atoms with E-state index in [2.05, 4.69) is 76.2 Å². The molecule has 0 aliphatic rings. The van der Waals surface area contributed by atoms with Gasteiger partial charge in [-0.1, -0.05) is 66.7 Å². The summed E-state index contributed by atoms with van der Waals surface area (Å²) in [5.41, 5.74) is 5.48. The number of benzene rings is 5. The molecule has 0 amide bonds. The zero-order chi connectivity index (χ0) is 30.5. The minimum Gasteiger partial charge on any atom is -0.456 e. The van der Waals surface area contributed by atoms with Crippen LogP contribution in [0.15, 0.2) is 162 Å². The van der Waals surface area contributed by atoms with Crippen molar-refractivity contribution in [3.05, 3.63) is 158 Å². The number of pyridine rings is 2. The van der Waals surface area contributed by atoms with E-state index in [1.807, 2.05) is 85.1 Å². The topological polar surface area (TPSA) is 56.3 Å². The Morgan fingerprint density at radius 3 is 2.11 bits per heavy atom. The van der Waals surface area contributed by atoms with E-state index >= 15 is 0 Å². The standard InChI is InChI=1S/C40H26N4O2/c1-2-12-27(13-3-1)43(38-18-8-10-22-41-38)28-24-36(40-32-15-5-7-17-35(32)46-37(40)25-28)45-29-20-21-31-30-14-4-6-16-33(30)44(34(31)26-29)39-19-9-11-23-42-39/h1-26H. The first-order valence-electron chi connectivity index (χ1n) is 15.2. The van der Waals surface area contributed by atoms with Crippen LogP contribution in [-0.2, 0) is 0 Å². The maximum atomic E-state index is 6.87. The van der Waals surface area contributed by atoms with E-state index in [9.17, 15) is 0 Å². The van der Waals surface area contributed by atoms with Crippen LogP contribution < -0.4 is 9.64 Å². The number of anilines is 3. The summed E-state index contributed by atoms with van der Waals surface area (Å²) >= 11 is 0. The molecular weight excluding hydrogens is 568 g/mol. The Kier molecular flexibility index (Phi) is 6.03. The first kappa shape index (κ1) is 26.0. The first-order chi connectivity index (χ1) is 22.8. The third kappa shape index (κ3) is 4.27. The fourth-order valence-electron chi connectivity index (χ4n) is 6.36. The molecule has 0 saturated carbocycles. The summed E-state index contributed by atoms with van der Waals surface area (Å²) in [4.78, 5) is 11.5. The molecule has 4 aromatic heterocycles. The highest BCUT2D eigenvalue weighted by Crippen LogP contribution is 2.44. The molecule has 0 aliphatic carbocycles. The lowest BCUT2D eigenvalue weighted by atomic mass is 10.1. The van der Waals surface area contributed by atoms with E-state index < -0.39 is 0 Å². The fraction of sp³-hybridized carbons (Fsp3) is 0. The number of hydrogen-bond donors (Lipinski definition) is 0. The van der Waals surface area contributed by atoms with E-state index in [0.717, 1.165) is 66.8 Å². The van der Waals surface area contributed by atoms with Crippen LogP contribution in [0, 0.1) is 0 Å². The van der Waals surface area contributed by atoms with Crippen molar-refractivity contribution in [2.75, 3.05) is 4.90 Å². The number of rotatable bonds is 6. The Morgan fingerprint density at radius 1 is 0.543 bits per heavy atom. The molecule has 0 unspecified atom stereocenters. The molecule has 0 N–H and O–H groups in total. The smallest absolute Gasteiger partial charge is 0.141 e. The van der Waals surface area contributed by atoms with Gasteiger partial charge in [0.05, 0.1) is 22.1 Å². The van der Waals surface area contributed by atoms with Crippen molar-refractivity contribution in [3.8, 4) is 17.3 Å². The predicted molar refractivity (Wildman–Crippen MR) is 185 cm³/mol. The van der Waals surface area contributed by atoms with Crippen molar-refractivity contribution in [2.45, 2.75) is 0 Å². The highest BCUT2D eigenvalue weighted by molar-refractivity contribution is 6.11. The van der Waals surface area contributed by atoms with E-state index in [1.54, 1.807) is 6.20 Å². The van der Waals surface area contributed by atoms with Crippen LogP contribution in [0.25, 0.3) is 49.6 Å². The minimum atomic E-state index is 0.689. The van der Waals surface area contributed by atoms with E-state index in [0.29, 0.717) is 11.5 Å². The Hall–Kier alpha value is -6.40. The van der Waals surface area contributed by atoms with E-state index in [1.165, 1.54) is 0 Å². The van der Waals surface area contributed by atoms with Gasteiger partial charge in [-0.3, -0.25) is 9.47 Å². The summed E-state index contributed by atoms with van der Waals surface area (Å²) in [5.74, 6) is 3.04. The molecule has 0 bridgehead atoms. The van der Waals surface area contributed by atoms with Gasteiger partial charge in [0.2, 0.25) is 0 Å². The molecule has 0 fully saturated rings. The lowest BCUT2D eigenvalue weighted by Gasteiger charge is -2.24. The van der Waals surface area contributed by atoms with Crippen molar-refractivity contribution in [3.63, 3.8) is 0 Å². The van der Waals surface area contributed by atoms with Gasteiger partial charge in [-0.2, -0.15) is 0 Å². The molecule has 0 radical (unpaired) electrons. The zero-order valence-electron chi connectivity index (χ0n) is 24.6. The van der Waals surface area contributed by atoms with Gasteiger partial charge in [-0.25, -0.2) is 9.97 Å². The normalized spacial score (nSPS) is 11.5. The van der Waals surface area contributed by atoms with Crippen molar-refractivity contribution in [2.24, 2.45) is 0 Å². The summed E-state index contributed by atoms with van der Waals surface area (Å²) in [6, 6.07) is 49.0. The molecule has 46 heavy (non-hydrogen) atoms. The van der Waals surface area contributed by atoms with Crippen LogP contribution >= 0.6 is 0 Å². The largest absolute Gasteiger partial charge is 0.456 e. The summed E-state index contributed by atoms with van der Waals surface area (Å²) in [6.07, 6.45) is 3.63. The highest BCUT2D eigenvalue weighted by Gasteiger charge is 2.21. The Balaban J connectivity index is 1.26. The molecular formula is C40H26N4O2. The number of nitrogens with zero attached hydrogens (tertiary/aromatic N) is 4. The molecule has 0 aliphatic heterocycles. The van der Waals surface area contributed by atoms with Crippen molar-refractivity contribution < 1.29 is 9.15 Å². The molecule has 4 heterocycles. The number of hydrogen-bond acceptors (Lipinski definition) is 5. The van der Waals surface area contributed by atoms with Crippen LogP contribution in [0.2, 0.25) is 0 Å². The van der Waals surface area contributed by atoms with Crippen molar-refractivity contribution in [1.82, 2.24) is 14.5 Å². The van der Waals surface area contributed by atoms with Crippen molar-refractivity contribution >= 4 is 60.9 Å². The maximum absolute atomic E-state index is 6.87. The van der Waals surface area contributed by atoms with Gasteiger partial charge in [-0.05, 0) is 60.7 Å². The third-order valence-corrected chi connectivity index (χ3v) is 8.33. The predicted octanol–water partition coefficient (Wildman–Crippen LogP) is 10.7. The van der Waals surface area contributed by atoms with E-state index in [4.69, 9.17) is 19.1 Å². The van der Waals surface area contributed by atoms with Gasteiger partial charge < -0.3 is 9.15 Å². The number of furan rings is 1. The molecule has 218 valence electrons. The maximum Gasteiger partial charge on any atom is 0.141 e. The number of para-hydroxylation sites is 3. The Labute approximate surface area is 264 Å². The zero-order valence-corrected chi connectivity index (χ0v) is 24.6. The number of fused-ring (bicyclic) bond motifs is 6. The quantitative estimate of drug-likeness (QED) is 0.192. The van der Waals surface area contributed by atoms with E-state index in [-0.39, 0.29) is 0 Å². The summed E-state index contributed by atoms with van der Waals surface area (Å²) in [6.45, 7) is 0. The Morgan fingerprint density at radius 2 is 1.28 bits per heavy atom. The number of ether oxygens (including phenoxy) is 1. The SMILES string of the molecule is c1ccc(N(c2cc(Oc3ccc4c5ccccc5n(-c5ccccn5)c4c3)c3c(c2)oc2ccccc23)c2ccccn2)cc1. The van der Waals surface area contributed by atoms with Gasteiger partial charge >= 0.3 is 0 Å². The van der Waals surface area contributed by atoms with Gasteiger partial charge in [-0.15, -0.1) is 0 Å². The molecule has 9 rings (SSSR count). The average Bonchev–Trinajstić information content (AvgIpc) is 3.65.